The highest BCUT2D eigenvalue weighted by molar-refractivity contribution is 5.82. The third-order valence-electron chi connectivity index (χ3n) is 3.26. The minimum absolute atomic E-state index is 0.288. The molecule has 1 heterocycles. The van der Waals surface area contributed by atoms with Gasteiger partial charge in [-0.15, -0.1) is 0 Å². The molecular formula is C13H21N3O2. The Balaban J connectivity index is 3.01. The number of carboxylic acid groups (broad SMARTS) is 1. The largest absolute Gasteiger partial charge is 0.480 e. The van der Waals surface area contributed by atoms with E-state index in [0.717, 1.165) is 5.69 Å². The molecule has 0 bridgehead atoms. The molecule has 0 amide bonds. The number of aliphatic carboxylic acids is 1. The van der Waals surface area contributed by atoms with Gasteiger partial charge in [0, 0.05) is 11.8 Å². The Labute approximate surface area is 108 Å². The van der Waals surface area contributed by atoms with Crippen LogP contribution in [0.2, 0.25) is 0 Å². The van der Waals surface area contributed by atoms with Gasteiger partial charge in [0.25, 0.3) is 0 Å². The van der Waals surface area contributed by atoms with Crippen molar-refractivity contribution in [3.05, 3.63) is 18.1 Å². The van der Waals surface area contributed by atoms with Crippen molar-refractivity contribution < 1.29 is 9.90 Å². The van der Waals surface area contributed by atoms with Crippen LogP contribution >= 0.6 is 0 Å². The third-order valence-corrected chi connectivity index (χ3v) is 3.26. The summed E-state index contributed by atoms with van der Waals surface area (Å²) in [7, 11) is 0. The summed E-state index contributed by atoms with van der Waals surface area (Å²) < 4.78 is 0. The average molecular weight is 251 g/mol. The standard InChI is InChI=1S/C13H21N3O2/c1-5-13(6-2,12(17)18)16-11-7-10(9(3)4)14-8-15-11/h7-9H,5-6H2,1-4H3,(H,17,18)(H,14,15,16). The second-order valence-electron chi connectivity index (χ2n) is 4.70. The Morgan fingerprint density at radius 3 is 2.44 bits per heavy atom. The van der Waals surface area contributed by atoms with Gasteiger partial charge in [0.15, 0.2) is 0 Å². The summed E-state index contributed by atoms with van der Waals surface area (Å²) in [4.78, 5) is 19.7. The lowest BCUT2D eigenvalue weighted by molar-refractivity contribution is -0.142. The topological polar surface area (TPSA) is 75.1 Å². The maximum absolute atomic E-state index is 11.4. The molecule has 0 aliphatic rings. The van der Waals surface area contributed by atoms with E-state index in [9.17, 15) is 9.90 Å². The van der Waals surface area contributed by atoms with Crippen molar-refractivity contribution in [2.45, 2.75) is 52.0 Å². The van der Waals surface area contributed by atoms with Gasteiger partial charge in [-0.05, 0) is 18.8 Å². The molecule has 2 N–H and O–H groups in total. The van der Waals surface area contributed by atoms with Crippen LogP contribution in [0.25, 0.3) is 0 Å². The van der Waals surface area contributed by atoms with Crippen LogP contribution in [0.5, 0.6) is 0 Å². The molecule has 0 saturated carbocycles. The summed E-state index contributed by atoms with van der Waals surface area (Å²) in [5.74, 6) is 0.00744. The van der Waals surface area contributed by atoms with E-state index in [-0.39, 0.29) is 5.92 Å². The highest BCUT2D eigenvalue weighted by Crippen LogP contribution is 2.23. The molecule has 100 valence electrons. The van der Waals surface area contributed by atoms with E-state index >= 15 is 0 Å². The highest BCUT2D eigenvalue weighted by atomic mass is 16.4. The van der Waals surface area contributed by atoms with Gasteiger partial charge in [-0.3, -0.25) is 0 Å². The van der Waals surface area contributed by atoms with Crippen LogP contribution in [0, 0.1) is 0 Å². The van der Waals surface area contributed by atoms with Crippen LogP contribution in [-0.4, -0.2) is 26.6 Å². The van der Waals surface area contributed by atoms with Gasteiger partial charge in [0.05, 0.1) is 0 Å². The zero-order valence-electron chi connectivity index (χ0n) is 11.4. The third kappa shape index (κ3) is 2.97. The molecule has 0 unspecified atom stereocenters. The first-order valence-corrected chi connectivity index (χ1v) is 6.28. The number of carboxylic acids is 1. The van der Waals surface area contributed by atoms with Gasteiger partial charge in [-0.2, -0.15) is 0 Å². The number of rotatable bonds is 6. The van der Waals surface area contributed by atoms with Gasteiger partial charge in [-0.1, -0.05) is 27.7 Å². The van der Waals surface area contributed by atoms with Gasteiger partial charge in [0.1, 0.15) is 17.7 Å². The number of nitrogens with zero attached hydrogens (tertiary/aromatic N) is 2. The Kier molecular flexibility index (Phi) is 4.64. The van der Waals surface area contributed by atoms with Gasteiger partial charge >= 0.3 is 5.97 Å². The minimum Gasteiger partial charge on any atom is -0.480 e. The predicted octanol–water partition coefficient (Wildman–Crippen LogP) is 2.66. The predicted molar refractivity (Wildman–Crippen MR) is 70.7 cm³/mol. The normalized spacial score (nSPS) is 11.6. The minimum atomic E-state index is -0.956. The summed E-state index contributed by atoms with van der Waals surface area (Å²) in [5.41, 5.74) is -0.0539. The molecule has 0 spiro atoms. The number of carbonyl (C=O) groups is 1. The van der Waals surface area contributed by atoms with Crippen LogP contribution in [0.1, 0.15) is 52.1 Å². The Morgan fingerprint density at radius 1 is 1.39 bits per heavy atom. The van der Waals surface area contributed by atoms with Crippen LogP contribution < -0.4 is 5.32 Å². The van der Waals surface area contributed by atoms with Crippen molar-refractivity contribution in [2.24, 2.45) is 0 Å². The average Bonchev–Trinajstić information content (AvgIpc) is 2.36. The van der Waals surface area contributed by atoms with Crippen molar-refractivity contribution in [2.75, 3.05) is 5.32 Å². The molecular weight excluding hydrogens is 230 g/mol. The molecule has 0 fully saturated rings. The number of hydrogen-bond acceptors (Lipinski definition) is 4. The maximum atomic E-state index is 11.4. The van der Waals surface area contributed by atoms with Gasteiger partial charge in [-0.25, -0.2) is 14.8 Å². The molecule has 0 saturated heterocycles. The molecule has 5 nitrogen and oxygen atoms in total. The molecule has 1 aromatic heterocycles. The smallest absolute Gasteiger partial charge is 0.329 e. The fraction of sp³-hybridized carbons (Fsp3) is 0.615. The van der Waals surface area contributed by atoms with Crippen LogP contribution in [0.4, 0.5) is 5.82 Å². The highest BCUT2D eigenvalue weighted by Gasteiger charge is 2.35. The van der Waals surface area contributed by atoms with Crippen LogP contribution in [0.15, 0.2) is 12.4 Å². The van der Waals surface area contributed by atoms with Crippen molar-refractivity contribution in [3.63, 3.8) is 0 Å². The molecule has 0 aliphatic carbocycles. The van der Waals surface area contributed by atoms with E-state index < -0.39 is 11.5 Å². The number of nitrogens with one attached hydrogen (secondary N) is 1. The Morgan fingerprint density at radius 2 is 2.00 bits per heavy atom. The first-order valence-electron chi connectivity index (χ1n) is 6.28. The molecule has 0 aromatic carbocycles. The molecule has 0 radical (unpaired) electrons. The van der Waals surface area contributed by atoms with E-state index in [2.05, 4.69) is 15.3 Å². The number of hydrogen-bond donors (Lipinski definition) is 2. The molecule has 0 atom stereocenters. The SMILES string of the molecule is CCC(CC)(Nc1cc(C(C)C)ncn1)C(=O)O. The summed E-state index contributed by atoms with van der Waals surface area (Å²) in [6, 6.07) is 1.81. The first kappa shape index (κ1) is 14.4. The van der Waals surface area contributed by atoms with Crippen molar-refractivity contribution in [3.8, 4) is 0 Å². The van der Waals surface area contributed by atoms with Gasteiger partial charge in [0.2, 0.25) is 0 Å². The van der Waals surface area contributed by atoms with E-state index in [1.807, 2.05) is 33.8 Å². The monoisotopic (exact) mass is 251 g/mol. The van der Waals surface area contributed by atoms with Crippen molar-refractivity contribution >= 4 is 11.8 Å². The van der Waals surface area contributed by atoms with Crippen LogP contribution in [-0.2, 0) is 4.79 Å². The van der Waals surface area contributed by atoms with Crippen molar-refractivity contribution in [1.82, 2.24) is 9.97 Å². The first-order chi connectivity index (χ1) is 8.45. The van der Waals surface area contributed by atoms with E-state index in [1.165, 1.54) is 6.33 Å². The second-order valence-corrected chi connectivity index (χ2v) is 4.70. The summed E-state index contributed by atoms with van der Waals surface area (Å²) in [6.45, 7) is 7.79. The van der Waals surface area contributed by atoms with Crippen LogP contribution in [0.3, 0.4) is 0 Å². The molecule has 5 heteroatoms. The van der Waals surface area contributed by atoms with E-state index in [0.29, 0.717) is 18.7 Å². The Hall–Kier alpha value is -1.65. The van der Waals surface area contributed by atoms with Crippen molar-refractivity contribution in [1.29, 1.82) is 0 Å². The molecule has 1 rings (SSSR count). The van der Waals surface area contributed by atoms with Gasteiger partial charge < -0.3 is 10.4 Å². The zero-order valence-corrected chi connectivity index (χ0v) is 11.4. The molecule has 18 heavy (non-hydrogen) atoms. The zero-order chi connectivity index (χ0) is 13.8. The van der Waals surface area contributed by atoms with E-state index in [4.69, 9.17) is 0 Å². The fourth-order valence-electron chi connectivity index (χ4n) is 1.78. The summed E-state index contributed by atoms with van der Waals surface area (Å²) in [5, 5.41) is 12.4. The maximum Gasteiger partial charge on any atom is 0.329 e. The lowest BCUT2D eigenvalue weighted by Gasteiger charge is -2.28. The quantitative estimate of drug-likeness (QED) is 0.813. The summed E-state index contributed by atoms with van der Waals surface area (Å²) in [6.07, 6.45) is 2.47. The summed E-state index contributed by atoms with van der Waals surface area (Å²) >= 11 is 0. The lowest BCUT2D eigenvalue weighted by Crippen LogP contribution is -2.45. The number of aromatic nitrogens is 2. The lowest BCUT2D eigenvalue weighted by atomic mass is 9.93. The number of anilines is 1. The Bertz CT molecular complexity index is 414. The fourth-order valence-corrected chi connectivity index (χ4v) is 1.78. The second kappa shape index (κ2) is 5.80. The molecule has 0 aliphatic heterocycles. The van der Waals surface area contributed by atoms with E-state index in [1.54, 1.807) is 0 Å². The molecule has 1 aromatic rings.